The zero-order chi connectivity index (χ0) is 13.8. The van der Waals surface area contributed by atoms with Crippen molar-refractivity contribution in [3.8, 4) is 0 Å². The Bertz CT molecular complexity index is 350. The first-order chi connectivity index (χ1) is 8.35. The van der Waals surface area contributed by atoms with Crippen LogP contribution in [0.25, 0.3) is 0 Å². The molecule has 4 N–H and O–H groups in total. The molecular formula is C11H19N3O4. The maximum absolute atomic E-state index is 11.3. The minimum Gasteiger partial charge on any atom is -0.481 e. The first kappa shape index (κ1) is 14.3. The Morgan fingerprint density at radius 2 is 1.83 bits per heavy atom. The number of carbonyl (C=O) groups is 3. The monoisotopic (exact) mass is 257 g/mol. The van der Waals surface area contributed by atoms with E-state index in [0.29, 0.717) is 12.8 Å². The molecule has 3 amide bonds. The lowest BCUT2D eigenvalue weighted by Crippen LogP contribution is -2.45. The number of hydrogen-bond donors (Lipinski definition) is 4. The average molecular weight is 257 g/mol. The summed E-state index contributed by atoms with van der Waals surface area (Å²) in [6.07, 6.45) is 1.16. The Labute approximate surface area is 105 Å². The van der Waals surface area contributed by atoms with Gasteiger partial charge in [-0.25, -0.2) is 4.79 Å². The van der Waals surface area contributed by atoms with Gasteiger partial charge in [0.15, 0.2) is 0 Å². The topological polar surface area (TPSA) is 108 Å². The fourth-order valence-corrected chi connectivity index (χ4v) is 1.46. The molecule has 0 bridgehead atoms. The van der Waals surface area contributed by atoms with Gasteiger partial charge in [-0.2, -0.15) is 0 Å². The van der Waals surface area contributed by atoms with E-state index in [1.165, 1.54) is 0 Å². The minimum atomic E-state index is -0.889. The molecule has 0 aromatic carbocycles. The highest BCUT2D eigenvalue weighted by Gasteiger charge is 2.50. The quantitative estimate of drug-likeness (QED) is 0.522. The summed E-state index contributed by atoms with van der Waals surface area (Å²) >= 11 is 0. The number of aliphatic carboxylic acids is 1. The zero-order valence-electron chi connectivity index (χ0n) is 10.6. The van der Waals surface area contributed by atoms with Crippen LogP contribution in [0.5, 0.6) is 0 Å². The fraction of sp³-hybridized carbons (Fsp3) is 0.727. The SMILES string of the molecule is CC(C)NC(=O)CNC(=O)NCC1(C(=O)O)CC1. The standard InChI is InChI=1S/C11H19N3O4/c1-7(2)14-8(15)5-12-10(18)13-6-11(3-4-11)9(16)17/h7H,3-6H2,1-2H3,(H,14,15)(H,16,17)(H2,12,13,18). The van der Waals surface area contributed by atoms with E-state index in [-0.39, 0.29) is 25.0 Å². The summed E-state index contributed by atoms with van der Waals surface area (Å²) in [4.78, 5) is 33.4. The molecule has 0 spiro atoms. The second kappa shape index (κ2) is 5.70. The average Bonchev–Trinajstić information content (AvgIpc) is 3.03. The van der Waals surface area contributed by atoms with Crippen LogP contribution in [0.1, 0.15) is 26.7 Å². The Balaban J connectivity index is 2.19. The molecule has 7 nitrogen and oxygen atoms in total. The highest BCUT2D eigenvalue weighted by molar-refractivity contribution is 5.84. The molecule has 18 heavy (non-hydrogen) atoms. The summed E-state index contributed by atoms with van der Waals surface area (Å²) in [7, 11) is 0. The molecule has 1 saturated carbocycles. The maximum atomic E-state index is 11.3. The first-order valence-corrected chi connectivity index (χ1v) is 5.90. The molecule has 0 saturated heterocycles. The van der Waals surface area contributed by atoms with Crippen LogP contribution in [-0.4, -0.2) is 42.1 Å². The van der Waals surface area contributed by atoms with E-state index in [9.17, 15) is 14.4 Å². The Morgan fingerprint density at radius 1 is 1.22 bits per heavy atom. The van der Waals surface area contributed by atoms with Crippen LogP contribution in [0.3, 0.4) is 0 Å². The van der Waals surface area contributed by atoms with Crippen LogP contribution in [0.4, 0.5) is 4.79 Å². The van der Waals surface area contributed by atoms with E-state index in [1.807, 2.05) is 13.8 Å². The van der Waals surface area contributed by atoms with E-state index in [0.717, 1.165) is 0 Å². The molecule has 1 aliphatic carbocycles. The van der Waals surface area contributed by atoms with Gasteiger partial charge in [-0.3, -0.25) is 9.59 Å². The molecule has 0 aromatic rings. The maximum Gasteiger partial charge on any atom is 0.315 e. The second-order valence-corrected chi connectivity index (χ2v) is 4.84. The van der Waals surface area contributed by atoms with Crippen molar-refractivity contribution in [3.05, 3.63) is 0 Å². The van der Waals surface area contributed by atoms with E-state index < -0.39 is 17.4 Å². The van der Waals surface area contributed by atoms with E-state index in [4.69, 9.17) is 5.11 Å². The van der Waals surface area contributed by atoms with Crippen molar-refractivity contribution in [2.75, 3.05) is 13.1 Å². The molecule has 0 atom stereocenters. The Morgan fingerprint density at radius 3 is 2.28 bits per heavy atom. The normalized spacial score (nSPS) is 15.9. The number of amides is 3. The molecule has 0 aliphatic heterocycles. The lowest BCUT2D eigenvalue weighted by Gasteiger charge is -2.12. The van der Waals surface area contributed by atoms with Gasteiger partial charge in [-0.15, -0.1) is 0 Å². The number of carboxylic acid groups (broad SMARTS) is 1. The van der Waals surface area contributed by atoms with Crippen molar-refractivity contribution in [2.45, 2.75) is 32.7 Å². The van der Waals surface area contributed by atoms with Crippen LogP contribution in [0.2, 0.25) is 0 Å². The number of carboxylic acids is 1. The highest BCUT2D eigenvalue weighted by atomic mass is 16.4. The zero-order valence-corrected chi connectivity index (χ0v) is 10.6. The summed E-state index contributed by atoms with van der Waals surface area (Å²) in [5.41, 5.74) is -0.794. The van der Waals surface area contributed by atoms with Gasteiger partial charge in [0.2, 0.25) is 5.91 Å². The van der Waals surface area contributed by atoms with Gasteiger partial charge >= 0.3 is 12.0 Å². The summed E-state index contributed by atoms with van der Waals surface area (Å²) in [6.45, 7) is 3.62. The molecule has 1 rings (SSSR count). The van der Waals surface area contributed by atoms with Gasteiger partial charge < -0.3 is 21.1 Å². The van der Waals surface area contributed by atoms with Crippen LogP contribution in [0.15, 0.2) is 0 Å². The van der Waals surface area contributed by atoms with Crippen molar-refractivity contribution in [1.82, 2.24) is 16.0 Å². The van der Waals surface area contributed by atoms with E-state index in [1.54, 1.807) is 0 Å². The molecular weight excluding hydrogens is 238 g/mol. The number of hydrogen-bond acceptors (Lipinski definition) is 3. The first-order valence-electron chi connectivity index (χ1n) is 5.90. The number of urea groups is 1. The molecule has 1 fully saturated rings. The number of rotatable bonds is 6. The third-order valence-corrected chi connectivity index (χ3v) is 2.75. The third-order valence-electron chi connectivity index (χ3n) is 2.75. The van der Waals surface area contributed by atoms with Crippen molar-refractivity contribution in [2.24, 2.45) is 5.41 Å². The van der Waals surface area contributed by atoms with Crippen LogP contribution in [0, 0.1) is 5.41 Å². The molecule has 0 aromatic heterocycles. The largest absolute Gasteiger partial charge is 0.481 e. The molecule has 0 heterocycles. The van der Waals surface area contributed by atoms with Gasteiger partial charge in [-0.05, 0) is 26.7 Å². The molecule has 102 valence electrons. The lowest BCUT2D eigenvalue weighted by atomic mass is 10.1. The Kier molecular flexibility index (Phi) is 4.52. The summed E-state index contributed by atoms with van der Waals surface area (Å²) in [5, 5.41) is 16.4. The number of carbonyl (C=O) groups excluding carboxylic acids is 2. The second-order valence-electron chi connectivity index (χ2n) is 4.84. The van der Waals surface area contributed by atoms with Gasteiger partial charge in [0.25, 0.3) is 0 Å². The predicted molar refractivity (Wildman–Crippen MR) is 64.0 cm³/mol. The molecule has 0 radical (unpaired) electrons. The highest BCUT2D eigenvalue weighted by Crippen LogP contribution is 2.45. The summed E-state index contributed by atoms with van der Waals surface area (Å²) < 4.78 is 0. The van der Waals surface area contributed by atoms with Gasteiger partial charge in [0.1, 0.15) is 0 Å². The third kappa shape index (κ3) is 4.23. The van der Waals surface area contributed by atoms with Gasteiger partial charge in [0.05, 0.1) is 12.0 Å². The van der Waals surface area contributed by atoms with E-state index >= 15 is 0 Å². The summed E-state index contributed by atoms with van der Waals surface area (Å²) in [5.74, 6) is -1.17. The van der Waals surface area contributed by atoms with Gasteiger partial charge in [-0.1, -0.05) is 0 Å². The van der Waals surface area contributed by atoms with Crippen molar-refractivity contribution < 1.29 is 19.5 Å². The van der Waals surface area contributed by atoms with Gasteiger partial charge in [0, 0.05) is 12.6 Å². The van der Waals surface area contributed by atoms with Crippen LogP contribution < -0.4 is 16.0 Å². The summed E-state index contributed by atoms with van der Waals surface area (Å²) in [6, 6.07) is -0.509. The fourth-order valence-electron chi connectivity index (χ4n) is 1.46. The Hall–Kier alpha value is -1.79. The lowest BCUT2D eigenvalue weighted by molar-refractivity contribution is -0.143. The minimum absolute atomic E-state index is 0.0177. The molecule has 7 heteroatoms. The van der Waals surface area contributed by atoms with Crippen molar-refractivity contribution >= 4 is 17.9 Å². The predicted octanol–water partition coefficient (Wildman–Crippen LogP) is -0.325. The van der Waals surface area contributed by atoms with Crippen LogP contribution >= 0.6 is 0 Å². The van der Waals surface area contributed by atoms with Crippen LogP contribution in [-0.2, 0) is 9.59 Å². The molecule has 0 unspecified atom stereocenters. The van der Waals surface area contributed by atoms with E-state index in [2.05, 4.69) is 16.0 Å². The molecule has 1 aliphatic rings. The number of nitrogens with one attached hydrogen (secondary N) is 3. The van der Waals surface area contributed by atoms with Crippen molar-refractivity contribution in [3.63, 3.8) is 0 Å². The smallest absolute Gasteiger partial charge is 0.315 e. The van der Waals surface area contributed by atoms with Crippen molar-refractivity contribution in [1.29, 1.82) is 0 Å².